The van der Waals surface area contributed by atoms with Crippen molar-refractivity contribution in [1.82, 2.24) is 14.9 Å². The van der Waals surface area contributed by atoms with E-state index in [4.69, 9.17) is 23.2 Å². The van der Waals surface area contributed by atoms with Crippen molar-refractivity contribution in [3.63, 3.8) is 0 Å². The second-order valence-electron chi connectivity index (χ2n) is 5.62. The van der Waals surface area contributed by atoms with Crippen molar-refractivity contribution < 1.29 is 4.79 Å². The zero-order valence-electron chi connectivity index (χ0n) is 12.4. The van der Waals surface area contributed by atoms with Crippen LogP contribution in [-0.4, -0.2) is 28.4 Å². The quantitative estimate of drug-likeness (QED) is 0.857. The summed E-state index contributed by atoms with van der Waals surface area (Å²) < 4.78 is 2.01. The number of fused-ring (bicyclic) bond motifs is 1. The summed E-state index contributed by atoms with van der Waals surface area (Å²) in [6.07, 6.45) is 0.635. The fourth-order valence-corrected chi connectivity index (χ4v) is 2.88. The molecule has 0 unspecified atom stereocenters. The number of nitrogens with zero attached hydrogens (tertiary/aromatic N) is 2. The SMILES string of the molecule is CNC(=O)C(C)(C)Cn1c(CCCl)nc2cccc(Cl)c21. The number of alkyl halides is 1. The second-order valence-corrected chi connectivity index (χ2v) is 6.41. The van der Waals surface area contributed by atoms with Crippen molar-refractivity contribution >= 4 is 40.1 Å². The van der Waals surface area contributed by atoms with Gasteiger partial charge in [-0.3, -0.25) is 4.79 Å². The fraction of sp³-hybridized carbons (Fsp3) is 0.467. The third-order valence-electron chi connectivity index (χ3n) is 3.51. The molecule has 1 aromatic carbocycles. The number of hydrogen-bond acceptors (Lipinski definition) is 2. The van der Waals surface area contributed by atoms with E-state index in [9.17, 15) is 4.79 Å². The van der Waals surface area contributed by atoms with E-state index in [0.717, 1.165) is 16.9 Å². The molecule has 6 heteroatoms. The summed E-state index contributed by atoms with van der Waals surface area (Å²) in [4.78, 5) is 16.6. The number of aryl methyl sites for hydroxylation is 1. The number of imidazole rings is 1. The van der Waals surface area contributed by atoms with Gasteiger partial charge in [0.25, 0.3) is 0 Å². The van der Waals surface area contributed by atoms with Crippen molar-refractivity contribution in [2.45, 2.75) is 26.8 Å². The predicted molar refractivity (Wildman–Crippen MR) is 87.0 cm³/mol. The average Bonchev–Trinajstić information content (AvgIpc) is 2.77. The Labute approximate surface area is 134 Å². The Balaban J connectivity index is 2.55. The number of benzene rings is 1. The summed E-state index contributed by atoms with van der Waals surface area (Å²) in [7, 11) is 1.64. The largest absolute Gasteiger partial charge is 0.359 e. The van der Waals surface area contributed by atoms with Gasteiger partial charge in [-0.25, -0.2) is 4.98 Å². The molecule has 0 aliphatic heterocycles. The Morgan fingerprint density at radius 2 is 2.14 bits per heavy atom. The highest BCUT2D eigenvalue weighted by Gasteiger charge is 2.29. The van der Waals surface area contributed by atoms with Crippen molar-refractivity contribution in [3.8, 4) is 0 Å². The van der Waals surface area contributed by atoms with Gasteiger partial charge < -0.3 is 9.88 Å². The number of nitrogens with one attached hydrogen (secondary N) is 1. The first-order valence-corrected chi connectivity index (χ1v) is 7.73. The molecule has 0 aliphatic rings. The van der Waals surface area contributed by atoms with Gasteiger partial charge in [0.05, 0.1) is 21.5 Å². The number of aromatic nitrogens is 2. The van der Waals surface area contributed by atoms with E-state index in [-0.39, 0.29) is 5.91 Å². The highest BCUT2D eigenvalue weighted by Crippen LogP contribution is 2.29. The molecular weight excluding hydrogens is 309 g/mol. The molecular formula is C15H19Cl2N3O. The van der Waals surface area contributed by atoms with Crippen LogP contribution >= 0.6 is 23.2 Å². The summed E-state index contributed by atoms with van der Waals surface area (Å²) in [5.41, 5.74) is 1.12. The van der Waals surface area contributed by atoms with Gasteiger partial charge in [0.1, 0.15) is 5.82 Å². The van der Waals surface area contributed by atoms with Crippen LogP contribution in [0.3, 0.4) is 0 Å². The van der Waals surface area contributed by atoms with Crippen molar-refractivity contribution in [3.05, 3.63) is 29.0 Å². The lowest BCUT2D eigenvalue weighted by atomic mass is 9.92. The van der Waals surface area contributed by atoms with E-state index in [1.807, 2.05) is 36.6 Å². The Hall–Kier alpha value is -1.26. The molecule has 0 radical (unpaired) electrons. The third kappa shape index (κ3) is 3.16. The van der Waals surface area contributed by atoms with Crippen LogP contribution in [-0.2, 0) is 17.8 Å². The lowest BCUT2D eigenvalue weighted by Crippen LogP contribution is -2.38. The number of para-hydroxylation sites is 1. The van der Waals surface area contributed by atoms with E-state index in [1.165, 1.54) is 0 Å². The van der Waals surface area contributed by atoms with E-state index >= 15 is 0 Å². The molecule has 0 fully saturated rings. The summed E-state index contributed by atoms with van der Waals surface area (Å²) in [6.45, 7) is 4.30. The zero-order chi connectivity index (χ0) is 15.6. The number of amides is 1. The molecule has 1 amide bonds. The Bertz CT molecular complexity index is 664. The molecule has 0 atom stereocenters. The number of halogens is 2. The van der Waals surface area contributed by atoms with Crippen LogP contribution in [0.25, 0.3) is 11.0 Å². The fourth-order valence-electron chi connectivity index (χ4n) is 2.44. The Morgan fingerprint density at radius 3 is 2.76 bits per heavy atom. The van der Waals surface area contributed by atoms with Gasteiger partial charge in [0.2, 0.25) is 5.91 Å². The molecule has 1 N–H and O–H groups in total. The van der Waals surface area contributed by atoms with Gasteiger partial charge in [-0.05, 0) is 26.0 Å². The van der Waals surface area contributed by atoms with Crippen molar-refractivity contribution in [2.75, 3.05) is 12.9 Å². The number of rotatable bonds is 5. The monoisotopic (exact) mass is 327 g/mol. The van der Waals surface area contributed by atoms with Gasteiger partial charge in [0, 0.05) is 25.9 Å². The van der Waals surface area contributed by atoms with Crippen LogP contribution < -0.4 is 5.32 Å². The number of carbonyl (C=O) groups excluding carboxylic acids is 1. The molecule has 0 saturated carbocycles. The summed E-state index contributed by atoms with van der Waals surface area (Å²) in [5.74, 6) is 1.31. The molecule has 114 valence electrons. The Morgan fingerprint density at radius 1 is 1.43 bits per heavy atom. The molecule has 4 nitrogen and oxygen atoms in total. The minimum atomic E-state index is -0.567. The van der Waals surface area contributed by atoms with E-state index in [0.29, 0.717) is 23.9 Å². The maximum absolute atomic E-state index is 12.0. The molecule has 0 saturated heterocycles. The molecule has 2 aromatic rings. The second kappa shape index (κ2) is 6.24. The standard InChI is InChI=1S/C15H19Cl2N3O/c1-15(2,14(21)18-3)9-20-12(7-8-16)19-11-6-4-5-10(17)13(11)20/h4-6H,7-9H2,1-3H3,(H,18,21). The van der Waals surface area contributed by atoms with E-state index in [2.05, 4.69) is 10.3 Å². The number of carbonyl (C=O) groups is 1. The molecule has 0 aliphatic carbocycles. The van der Waals surface area contributed by atoms with Crippen molar-refractivity contribution in [1.29, 1.82) is 0 Å². The zero-order valence-corrected chi connectivity index (χ0v) is 13.9. The Kier molecular flexibility index (Phi) is 4.79. The molecule has 21 heavy (non-hydrogen) atoms. The molecule has 0 spiro atoms. The summed E-state index contributed by atoms with van der Waals surface area (Å²) in [5, 5.41) is 3.33. The van der Waals surface area contributed by atoms with Crippen LogP contribution in [0.2, 0.25) is 5.02 Å². The molecule has 1 heterocycles. The first kappa shape index (κ1) is 16.1. The first-order chi connectivity index (χ1) is 9.90. The van der Waals surface area contributed by atoms with E-state index < -0.39 is 5.41 Å². The highest BCUT2D eigenvalue weighted by atomic mass is 35.5. The molecule has 0 bridgehead atoms. The van der Waals surface area contributed by atoms with Gasteiger partial charge >= 0.3 is 0 Å². The third-order valence-corrected chi connectivity index (χ3v) is 4.00. The normalized spacial score (nSPS) is 11.9. The van der Waals surface area contributed by atoms with Gasteiger partial charge in [0.15, 0.2) is 0 Å². The topological polar surface area (TPSA) is 46.9 Å². The lowest BCUT2D eigenvalue weighted by Gasteiger charge is -2.24. The van der Waals surface area contributed by atoms with Crippen molar-refractivity contribution in [2.24, 2.45) is 5.41 Å². The van der Waals surface area contributed by atoms with Crippen LogP contribution in [0, 0.1) is 5.41 Å². The van der Waals surface area contributed by atoms with Crippen LogP contribution in [0.1, 0.15) is 19.7 Å². The van der Waals surface area contributed by atoms with E-state index in [1.54, 1.807) is 7.05 Å². The van der Waals surface area contributed by atoms with Crippen LogP contribution in [0.15, 0.2) is 18.2 Å². The maximum atomic E-state index is 12.0. The average molecular weight is 328 g/mol. The van der Waals surface area contributed by atoms with Crippen LogP contribution in [0.4, 0.5) is 0 Å². The van der Waals surface area contributed by atoms with Gasteiger partial charge in [-0.1, -0.05) is 17.7 Å². The molecule has 1 aromatic heterocycles. The molecule has 2 rings (SSSR count). The first-order valence-electron chi connectivity index (χ1n) is 6.82. The highest BCUT2D eigenvalue weighted by molar-refractivity contribution is 6.35. The minimum absolute atomic E-state index is 0.0202. The summed E-state index contributed by atoms with van der Waals surface area (Å²) in [6, 6.07) is 5.62. The predicted octanol–water partition coefficient (Wildman–Crippen LogP) is 3.24. The maximum Gasteiger partial charge on any atom is 0.227 e. The smallest absolute Gasteiger partial charge is 0.227 e. The summed E-state index contributed by atoms with van der Waals surface area (Å²) >= 11 is 12.2. The number of hydrogen-bond donors (Lipinski definition) is 1. The van der Waals surface area contributed by atoms with Gasteiger partial charge in [-0.2, -0.15) is 0 Å². The lowest BCUT2D eigenvalue weighted by molar-refractivity contribution is -0.129. The van der Waals surface area contributed by atoms with Crippen LogP contribution in [0.5, 0.6) is 0 Å². The van der Waals surface area contributed by atoms with Gasteiger partial charge in [-0.15, -0.1) is 11.6 Å². The minimum Gasteiger partial charge on any atom is -0.359 e.